The minimum atomic E-state index is -1.02. The van der Waals surface area contributed by atoms with Crippen LogP contribution in [-0.2, 0) is 9.53 Å². The van der Waals surface area contributed by atoms with E-state index in [0.29, 0.717) is 0 Å². The molecule has 1 aliphatic heterocycles. The van der Waals surface area contributed by atoms with Crippen molar-refractivity contribution in [3.05, 3.63) is 12.3 Å². The molecule has 0 spiro atoms. The Bertz CT molecular complexity index is 154. The van der Waals surface area contributed by atoms with Crippen molar-refractivity contribution in [1.29, 1.82) is 0 Å². The van der Waals surface area contributed by atoms with Crippen molar-refractivity contribution in [1.82, 2.24) is 0 Å². The van der Waals surface area contributed by atoms with Gasteiger partial charge in [0.2, 0.25) is 6.10 Å². The fourth-order valence-electron chi connectivity index (χ4n) is 0.635. The Morgan fingerprint density at radius 3 is 2.67 bits per heavy atom. The van der Waals surface area contributed by atoms with Crippen molar-refractivity contribution in [2.75, 3.05) is 0 Å². The summed E-state index contributed by atoms with van der Waals surface area (Å²) in [6.07, 6.45) is 1.94. The Hall–Kier alpha value is -1.03. The third-order valence-electron chi connectivity index (χ3n) is 1.12. The second-order valence-electron chi connectivity index (χ2n) is 1.80. The van der Waals surface area contributed by atoms with E-state index in [4.69, 9.17) is 10.8 Å². The maximum absolute atomic E-state index is 10.2. The molecule has 1 rings (SSSR count). The number of hydrogen-bond acceptors (Lipinski definition) is 3. The molecule has 0 radical (unpaired) electrons. The van der Waals surface area contributed by atoms with Crippen molar-refractivity contribution in [3.63, 3.8) is 0 Å². The average Bonchev–Trinajstić information content (AvgIpc) is 2.13. The van der Waals surface area contributed by atoms with Gasteiger partial charge < -0.3 is 15.6 Å². The van der Waals surface area contributed by atoms with Crippen molar-refractivity contribution < 1.29 is 14.6 Å². The van der Waals surface area contributed by atoms with Crippen molar-refractivity contribution in [3.8, 4) is 0 Å². The van der Waals surface area contributed by atoms with E-state index in [1.165, 1.54) is 12.3 Å². The number of carboxylic acid groups (broad SMARTS) is 1. The van der Waals surface area contributed by atoms with Crippen LogP contribution in [0.5, 0.6) is 0 Å². The standard InChI is InChI=1S/C5H7NO3/c6-3-1-2-9-4(3)5(7)8/h1-4H,6H2,(H,7,8). The van der Waals surface area contributed by atoms with E-state index < -0.39 is 18.1 Å². The molecule has 2 atom stereocenters. The van der Waals surface area contributed by atoms with E-state index in [1.54, 1.807) is 0 Å². The normalized spacial score (nSPS) is 32.1. The van der Waals surface area contributed by atoms with Crippen LogP contribution < -0.4 is 5.73 Å². The van der Waals surface area contributed by atoms with Gasteiger partial charge in [0.05, 0.1) is 12.3 Å². The summed E-state index contributed by atoms with van der Waals surface area (Å²) in [7, 11) is 0. The van der Waals surface area contributed by atoms with Gasteiger partial charge in [-0.25, -0.2) is 4.79 Å². The topological polar surface area (TPSA) is 72.5 Å². The molecule has 9 heavy (non-hydrogen) atoms. The third kappa shape index (κ3) is 1.02. The number of hydrogen-bond donors (Lipinski definition) is 2. The average molecular weight is 129 g/mol. The molecule has 0 aromatic heterocycles. The van der Waals surface area contributed by atoms with Crippen LogP contribution in [0.25, 0.3) is 0 Å². The molecule has 4 nitrogen and oxygen atoms in total. The quantitative estimate of drug-likeness (QED) is 0.491. The highest BCUT2D eigenvalue weighted by Crippen LogP contribution is 2.06. The summed E-state index contributed by atoms with van der Waals surface area (Å²) in [4.78, 5) is 10.2. The van der Waals surface area contributed by atoms with E-state index in [1.807, 2.05) is 0 Å². The summed E-state index contributed by atoms with van der Waals surface area (Å²) in [5.41, 5.74) is 5.29. The summed E-state index contributed by atoms with van der Waals surface area (Å²) in [5.74, 6) is -1.02. The van der Waals surface area contributed by atoms with Gasteiger partial charge in [-0.05, 0) is 6.08 Å². The van der Waals surface area contributed by atoms with Crippen LogP contribution in [0.15, 0.2) is 12.3 Å². The van der Waals surface area contributed by atoms with Crippen LogP contribution in [0, 0.1) is 0 Å². The Morgan fingerprint density at radius 1 is 1.78 bits per heavy atom. The highest BCUT2D eigenvalue weighted by atomic mass is 16.5. The van der Waals surface area contributed by atoms with Gasteiger partial charge in [-0.1, -0.05) is 0 Å². The predicted octanol–water partition coefficient (Wildman–Crippen LogP) is -0.689. The molecule has 0 amide bonds. The molecule has 50 valence electrons. The highest BCUT2D eigenvalue weighted by molar-refractivity contribution is 5.74. The van der Waals surface area contributed by atoms with Gasteiger partial charge in [-0.15, -0.1) is 0 Å². The molecule has 1 heterocycles. The number of nitrogens with two attached hydrogens (primary N) is 1. The van der Waals surface area contributed by atoms with E-state index in [9.17, 15) is 4.79 Å². The predicted molar refractivity (Wildman–Crippen MR) is 29.6 cm³/mol. The summed E-state index contributed by atoms with van der Waals surface area (Å²) < 4.78 is 4.62. The lowest BCUT2D eigenvalue weighted by atomic mass is 10.2. The van der Waals surface area contributed by atoms with Gasteiger partial charge in [0, 0.05) is 0 Å². The summed E-state index contributed by atoms with van der Waals surface area (Å²) in [5, 5.41) is 8.34. The Labute approximate surface area is 51.9 Å². The minimum Gasteiger partial charge on any atom is -0.485 e. The minimum absolute atomic E-state index is 0.498. The number of aliphatic carboxylic acids is 1. The fourth-order valence-corrected chi connectivity index (χ4v) is 0.635. The smallest absolute Gasteiger partial charge is 0.346 e. The van der Waals surface area contributed by atoms with Crippen molar-refractivity contribution >= 4 is 5.97 Å². The molecule has 3 N–H and O–H groups in total. The molecular weight excluding hydrogens is 122 g/mol. The van der Waals surface area contributed by atoms with Crippen LogP contribution >= 0.6 is 0 Å². The SMILES string of the molecule is NC1C=COC1C(=O)O. The molecule has 2 unspecified atom stereocenters. The van der Waals surface area contributed by atoms with E-state index in [2.05, 4.69) is 4.74 Å². The van der Waals surface area contributed by atoms with Gasteiger partial charge >= 0.3 is 5.97 Å². The molecule has 0 aromatic rings. The van der Waals surface area contributed by atoms with Crippen molar-refractivity contribution in [2.24, 2.45) is 5.73 Å². The monoisotopic (exact) mass is 129 g/mol. The van der Waals surface area contributed by atoms with E-state index >= 15 is 0 Å². The lowest BCUT2D eigenvalue weighted by Crippen LogP contribution is -2.36. The van der Waals surface area contributed by atoms with Crippen LogP contribution in [0.1, 0.15) is 0 Å². The van der Waals surface area contributed by atoms with Crippen LogP contribution in [0.4, 0.5) is 0 Å². The first kappa shape index (κ1) is 6.10. The molecule has 0 fully saturated rings. The Morgan fingerprint density at radius 2 is 2.44 bits per heavy atom. The highest BCUT2D eigenvalue weighted by Gasteiger charge is 2.27. The second-order valence-corrected chi connectivity index (χ2v) is 1.80. The lowest BCUT2D eigenvalue weighted by molar-refractivity contribution is -0.146. The van der Waals surface area contributed by atoms with Gasteiger partial charge in [-0.2, -0.15) is 0 Å². The molecule has 0 bridgehead atoms. The largest absolute Gasteiger partial charge is 0.485 e. The molecular formula is C5H7NO3. The molecule has 4 heteroatoms. The van der Waals surface area contributed by atoms with E-state index in [-0.39, 0.29) is 0 Å². The molecule has 0 saturated heterocycles. The first-order valence-electron chi connectivity index (χ1n) is 2.52. The third-order valence-corrected chi connectivity index (χ3v) is 1.12. The number of carboxylic acids is 1. The van der Waals surface area contributed by atoms with Crippen molar-refractivity contribution in [2.45, 2.75) is 12.1 Å². The van der Waals surface area contributed by atoms with Gasteiger partial charge in [0.15, 0.2) is 0 Å². The van der Waals surface area contributed by atoms with Crippen LogP contribution in [0.3, 0.4) is 0 Å². The zero-order chi connectivity index (χ0) is 6.85. The molecule has 0 aromatic carbocycles. The first-order valence-corrected chi connectivity index (χ1v) is 2.52. The van der Waals surface area contributed by atoms with E-state index in [0.717, 1.165) is 0 Å². The summed E-state index contributed by atoms with van der Waals surface area (Å²) in [6, 6.07) is -0.498. The molecule has 0 saturated carbocycles. The zero-order valence-corrected chi connectivity index (χ0v) is 4.65. The van der Waals surface area contributed by atoms with Crippen LogP contribution in [-0.4, -0.2) is 23.2 Å². The number of rotatable bonds is 1. The number of carbonyl (C=O) groups is 1. The first-order chi connectivity index (χ1) is 4.22. The van der Waals surface area contributed by atoms with Gasteiger partial charge in [-0.3, -0.25) is 0 Å². The van der Waals surface area contributed by atoms with Gasteiger partial charge in [0.25, 0.3) is 0 Å². The van der Waals surface area contributed by atoms with Crippen LogP contribution in [0.2, 0.25) is 0 Å². The summed E-state index contributed by atoms with van der Waals surface area (Å²) in [6.45, 7) is 0. The zero-order valence-electron chi connectivity index (χ0n) is 4.65. The number of ether oxygens (including phenoxy) is 1. The Balaban J connectivity index is 2.55. The fraction of sp³-hybridized carbons (Fsp3) is 0.400. The lowest BCUT2D eigenvalue weighted by Gasteiger charge is -2.07. The molecule has 0 aliphatic carbocycles. The molecule has 1 aliphatic rings. The maximum atomic E-state index is 10.2. The second kappa shape index (κ2) is 2.06. The summed E-state index contributed by atoms with van der Waals surface area (Å²) >= 11 is 0. The Kier molecular flexibility index (Phi) is 1.40. The maximum Gasteiger partial charge on any atom is 0.346 e. The van der Waals surface area contributed by atoms with Gasteiger partial charge in [0.1, 0.15) is 0 Å².